The normalized spacial score (nSPS) is 10.9. The summed E-state index contributed by atoms with van der Waals surface area (Å²) in [5.74, 6) is 0.246. The van der Waals surface area contributed by atoms with Crippen LogP contribution in [0.25, 0.3) is 0 Å². The third-order valence-electron chi connectivity index (χ3n) is 6.53. The molecule has 9 nitrogen and oxygen atoms in total. The maximum atomic E-state index is 13.6. The molecule has 4 rings (SSSR count). The number of carbonyl (C=O) groups excluding carboxylic acids is 2. The number of amides is 2. The van der Waals surface area contributed by atoms with Crippen LogP contribution in [0.5, 0.6) is 11.5 Å². The summed E-state index contributed by atoms with van der Waals surface area (Å²) in [5, 5.41) is 5.60. The molecule has 0 unspecified atom stereocenters. The molecule has 0 aromatic heterocycles. The third-order valence-corrected chi connectivity index (χ3v) is 8.32. The Hall–Kier alpha value is -4.83. The number of anilines is 2. The van der Waals surface area contributed by atoms with Crippen LogP contribution < -0.4 is 24.4 Å². The molecule has 0 atom stereocenters. The van der Waals surface area contributed by atoms with Crippen molar-refractivity contribution < 1.29 is 27.5 Å². The zero-order chi connectivity index (χ0) is 30.1. The van der Waals surface area contributed by atoms with Gasteiger partial charge in [-0.2, -0.15) is 0 Å². The Morgan fingerprint density at radius 1 is 0.810 bits per heavy atom. The molecule has 2 amide bonds. The molecule has 0 radical (unpaired) electrons. The quantitative estimate of drug-likeness (QED) is 0.246. The molecule has 42 heavy (non-hydrogen) atoms. The highest BCUT2D eigenvalue weighted by Gasteiger charge is 2.27. The molecule has 0 bridgehead atoms. The van der Waals surface area contributed by atoms with Gasteiger partial charge < -0.3 is 20.1 Å². The molecule has 0 fully saturated rings. The van der Waals surface area contributed by atoms with Gasteiger partial charge in [-0.3, -0.25) is 13.9 Å². The number of para-hydroxylation sites is 1. The van der Waals surface area contributed by atoms with E-state index in [4.69, 9.17) is 9.47 Å². The smallest absolute Gasteiger partial charge is 0.264 e. The molecule has 0 saturated heterocycles. The van der Waals surface area contributed by atoms with E-state index in [0.717, 1.165) is 15.4 Å². The first-order valence-electron chi connectivity index (χ1n) is 13.3. The summed E-state index contributed by atoms with van der Waals surface area (Å²) in [6, 6.07) is 26.9. The minimum Gasteiger partial charge on any atom is -0.493 e. The van der Waals surface area contributed by atoms with Gasteiger partial charge in [0.25, 0.3) is 15.9 Å². The highest BCUT2D eigenvalue weighted by Crippen LogP contribution is 2.28. The summed E-state index contributed by atoms with van der Waals surface area (Å²) in [4.78, 5) is 26.4. The van der Waals surface area contributed by atoms with Gasteiger partial charge in [-0.1, -0.05) is 54.1 Å². The van der Waals surface area contributed by atoms with Crippen LogP contribution in [0.4, 0.5) is 11.4 Å². The van der Waals surface area contributed by atoms with Crippen LogP contribution in [0.3, 0.4) is 0 Å². The fourth-order valence-corrected chi connectivity index (χ4v) is 5.75. The second kappa shape index (κ2) is 13.7. The van der Waals surface area contributed by atoms with E-state index >= 15 is 0 Å². The fourth-order valence-electron chi connectivity index (χ4n) is 4.31. The molecule has 0 heterocycles. The number of benzene rings is 4. The zero-order valence-electron chi connectivity index (χ0n) is 23.7. The molecule has 2 N–H and O–H groups in total. The van der Waals surface area contributed by atoms with E-state index in [2.05, 4.69) is 10.6 Å². The summed E-state index contributed by atoms with van der Waals surface area (Å²) in [6.07, 6.45) is 0.545. The first-order chi connectivity index (χ1) is 20.2. The summed E-state index contributed by atoms with van der Waals surface area (Å²) in [6.45, 7) is 1.74. The molecule has 0 aliphatic carbocycles. The largest absolute Gasteiger partial charge is 0.493 e. The number of sulfonamides is 1. The van der Waals surface area contributed by atoms with Crippen LogP contribution in [0.2, 0.25) is 0 Å². The average Bonchev–Trinajstić information content (AvgIpc) is 3.01. The standard InChI is InChI=1S/C32H33N3O6S/c1-23-13-16-25(17-14-23)35(42(38,39)26-9-5-4-6-10-26)22-31(36)34-28-12-8-7-11-27(28)32(37)33-20-19-24-15-18-29(40-2)30(21-24)41-3/h4-18,21H,19-20,22H2,1-3H3,(H,33,37)(H,34,36). The lowest BCUT2D eigenvalue weighted by atomic mass is 10.1. The van der Waals surface area contributed by atoms with Crippen molar-refractivity contribution in [1.29, 1.82) is 0 Å². The topological polar surface area (TPSA) is 114 Å². The second-order valence-electron chi connectivity index (χ2n) is 9.45. The number of methoxy groups -OCH3 is 2. The molecule has 0 saturated carbocycles. The Labute approximate surface area is 246 Å². The Morgan fingerprint density at radius 3 is 2.17 bits per heavy atom. The molecule has 218 valence electrons. The van der Waals surface area contributed by atoms with E-state index in [9.17, 15) is 18.0 Å². The lowest BCUT2D eigenvalue weighted by Gasteiger charge is -2.24. The molecular formula is C32H33N3O6S. The predicted molar refractivity (Wildman–Crippen MR) is 163 cm³/mol. The average molecular weight is 588 g/mol. The molecule has 0 spiro atoms. The number of nitrogens with zero attached hydrogens (tertiary/aromatic N) is 1. The van der Waals surface area contributed by atoms with Gasteiger partial charge in [-0.15, -0.1) is 0 Å². The van der Waals surface area contributed by atoms with E-state index in [1.54, 1.807) is 87.0 Å². The van der Waals surface area contributed by atoms with E-state index in [0.29, 0.717) is 30.2 Å². The van der Waals surface area contributed by atoms with Crippen molar-refractivity contribution in [3.8, 4) is 11.5 Å². The summed E-state index contributed by atoms with van der Waals surface area (Å²) in [7, 11) is -0.925. The van der Waals surface area contributed by atoms with Crippen molar-refractivity contribution in [1.82, 2.24) is 5.32 Å². The highest BCUT2D eigenvalue weighted by atomic mass is 32.2. The van der Waals surface area contributed by atoms with Gasteiger partial charge in [-0.05, 0) is 67.4 Å². The lowest BCUT2D eigenvalue weighted by molar-refractivity contribution is -0.114. The lowest BCUT2D eigenvalue weighted by Crippen LogP contribution is -2.38. The summed E-state index contributed by atoms with van der Waals surface area (Å²) < 4.78 is 38.8. The number of hydrogen-bond acceptors (Lipinski definition) is 6. The van der Waals surface area contributed by atoms with E-state index < -0.39 is 22.5 Å². The molecule has 4 aromatic rings. The SMILES string of the molecule is COc1ccc(CCNC(=O)c2ccccc2NC(=O)CN(c2ccc(C)cc2)S(=O)(=O)c2ccccc2)cc1OC. The van der Waals surface area contributed by atoms with Crippen molar-refractivity contribution in [2.45, 2.75) is 18.2 Å². The van der Waals surface area contributed by atoms with E-state index in [1.165, 1.54) is 12.1 Å². The predicted octanol–water partition coefficient (Wildman–Crippen LogP) is 4.82. The minimum absolute atomic E-state index is 0.0626. The van der Waals surface area contributed by atoms with Crippen LogP contribution in [0.15, 0.2) is 102 Å². The first kappa shape index (κ1) is 30.1. The Bertz CT molecular complexity index is 1640. The maximum Gasteiger partial charge on any atom is 0.264 e. The van der Waals surface area contributed by atoms with Crippen molar-refractivity contribution in [3.63, 3.8) is 0 Å². The van der Waals surface area contributed by atoms with Gasteiger partial charge in [0.15, 0.2) is 11.5 Å². The molecule has 10 heteroatoms. The number of carbonyl (C=O) groups is 2. The van der Waals surface area contributed by atoms with Crippen molar-refractivity contribution >= 4 is 33.2 Å². The number of hydrogen-bond donors (Lipinski definition) is 2. The third kappa shape index (κ3) is 7.27. The molecule has 0 aliphatic heterocycles. The maximum absolute atomic E-state index is 13.6. The van der Waals surface area contributed by atoms with Crippen LogP contribution in [-0.2, 0) is 21.2 Å². The molecular weight excluding hydrogens is 554 g/mol. The Kier molecular flexibility index (Phi) is 9.82. The number of nitrogens with one attached hydrogen (secondary N) is 2. The van der Waals surface area contributed by atoms with Gasteiger partial charge in [0.2, 0.25) is 5.91 Å². The van der Waals surface area contributed by atoms with Crippen molar-refractivity contribution in [3.05, 3.63) is 114 Å². The van der Waals surface area contributed by atoms with Crippen molar-refractivity contribution in [2.24, 2.45) is 0 Å². The zero-order valence-corrected chi connectivity index (χ0v) is 24.5. The Morgan fingerprint density at radius 2 is 1.48 bits per heavy atom. The van der Waals surface area contributed by atoms with Gasteiger partial charge in [0, 0.05) is 6.54 Å². The van der Waals surface area contributed by atoms with Crippen LogP contribution in [0, 0.1) is 6.92 Å². The van der Waals surface area contributed by atoms with Gasteiger partial charge >= 0.3 is 0 Å². The first-order valence-corrected chi connectivity index (χ1v) is 14.7. The van der Waals surface area contributed by atoms with E-state index in [-0.39, 0.29) is 22.1 Å². The number of rotatable bonds is 12. The highest BCUT2D eigenvalue weighted by molar-refractivity contribution is 7.92. The van der Waals surface area contributed by atoms with Crippen molar-refractivity contribution in [2.75, 3.05) is 36.9 Å². The van der Waals surface area contributed by atoms with Gasteiger partial charge in [-0.25, -0.2) is 8.42 Å². The van der Waals surface area contributed by atoms with Crippen LogP contribution >= 0.6 is 0 Å². The number of ether oxygens (including phenoxy) is 2. The van der Waals surface area contributed by atoms with Gasteiger partial charge in [0.05, 0.1) is 36.1 Å². The van der Waals surface area contributed by atoms with E-state index in [1.807, 2.05) is 19.1 Å². The van der Waals surface area contributed by atoms with Crippen LogP contribution in [0.1, 0.15) is 21.5 Å². The summed E-state index contributed by atoms with van der Waals surface area (Å²) >= 11 is 0. The second-order valence-corrected chi connectivity index (χ2v) is 11.3. The van der Waals surface area contributed by atoms with Crippen LogP contribution in [-0.4, -0.2) is 47.5 Å². The molecule has 4 aromatic carbocycles. The summed E-state index contributed by atoms with van der Waals surface area (Å²) in [5.41, 5.74) is 2.77. The Balaban J connectivity index is 1.47. The monoisotopic (exact) mass is 587 g/mol. The fraction of sp³-hybridized carbons (Fsp3) is 0.188. The number of aryl methyl sites for hydroxylation is 1. The molecule has 0 aliphatic rings. The minimum atomic E-state index is -4.05. The van der Waals surface area contributed by atoms with Gasteiger partial charge in [0.1, 0.15) is 6.54 Å².